The number of alkyl halides is 3. The van der Waals surface area contributed by atoms with E-state index in [2.05, 4.69) is 20.5 Å². The van der Waals surface area contributed by atoms with E-state index >= 15 is 0 Å². The van der Waals surface area contributed by atoms with Gasteiger partial charge in [-0.2, -0.15) is 23.3 Å². The number of hydrazone groups is 1. The van der Waals surface area contributed by atoms with Crippen LogP contribution in [-0.2, 0) is 6.18 Å². The van der Waals surface area contributed by atoms with E-state index in [0.717, 1.165) is 17.2 Å². The molecule has 0 bridgehead atoms. The molecule has 1 amide bonds. The first-order valence-electron chi connectivity index (χ1n) is 7.49. The molecule has 0 saturated heterocycles. The Labute approximate surface area is 154 Å². The van der Waals surface area contributed by atoms with E-state index < -0.39 is 23.3 Å². The van der Waals surface area contributed by atoms with Crippen molar-refractivity contribution in [1.82, 2.24) is 15.4 Å². The number of hydrogen-bond donors (Lipinski definition) is 2. The van der Waals surface area contributed by atoms with Gasteiger partial charge in [-0.15, -0.1) is 11.3 Å². The summed E-state index contributed by atoms with van der Waals surface area (Å²) < 4.78 is 38.8. The standard InChI is InChI=1S/C17H11F3N4O2S/c18-17(19,20)11-5-2-1-4-10(11)9-21-24-15(25)13-8-12(22-16(26)23-13)14-6-3-7-27-14/h1-9H,(H,24,25)(H,22,23,26)/b21-9+. The summed E-state index contributed by atoms with van der Waals surface area (Å²) in [5.74, 6) is -0.820. The molecule has 1 aromatic carbocycles. The summed E-state index contributed by atoms with van der Waals surface area (Å²) in [6.45, 7) is 0. The Morgan fingerprint density at radius 2 is 2.00 bits per heavy atom. The monoisotopic (exact) mass is 392 g/mol. The largest absolute Gasteiger partial charge is 0.417 e. The van der Waals surface area contributed by atoms with Gasteiger partial charge in [-0.25, -0.2) is 10.2 Å². The van der Waals surface area contributed by atoms with Gasteiger partial charge in [0.2, 0.25) is 0 Å². The van der Waals surface area contributed by atoms with Gasteiger partial charge >= 0.3 is 11.9 Å². The van der Waals surface area contributed by atoms with Gasteiger partial charge in [-0.3, -0.25) is 4.79 Å². The number of aromatic nitrogens is 2. The van der Waals surface area contributed by atoms with Gasteiger partial charge in [0.25, 0.3) is 5.91 Å². The first-order chi connectivity index (χ1) is 12.8. The van der Waals surface area contributed by atoms with Crippen molar-refractivity contribution in [2.45, 2.75) is 6.18 Å². The number of hydrogen-bond acceptors (Lipinski definition) is 5. The molecule has 0 fully saturated rings. The molecule has 2 heterocycles. The normalized spacial score (nSPS) is 11.7. The van der Waals surface area contributed by atoms with Gasteiger partial charge in [0.05, 0.1) is 22.3 Å². The molecule has 2 N–H and O–H groups in total. The zero-order valence-corrected chi connectivity index (χ0v) is 14.3. The van der Waals surface area contributed by atoms with Crippen molar-refractivity contribution < 1.29 is 18.0 Å². The molecule has 0 aliphatic rings. The van der Waals surface area contributed by atoms with Gasteiger partial charge in [0.15, 0.2) is 0 Å². The van der Waals surface area contributed by atoms with E-state index in [-0.39, 0.29) is 11.3 Å². The van der Waals surface area contributed by atoms with E-state index in [1.807, 2.05) is 0 Å². The molecule has 0 radical (unpaired) electrons. The first kappa shape index (κ1) is 18.5. The molecule has 138 valence electrons. The van der Waals surface area contributed by atoms with Crippen molar-refractivity contribution in [1.29, 1.82) is 0 Å². The fourth-order valence-corrected chi connectivity index (χ4v) is 2.92. The third kappa shape index (κ3) is 4.47. The molecule has 2 aromatic heterocycles. The zero-order valence-electron chi connectivity index (χ0n) is 13.4. The lowest BCUT2D eigenvalue weighted by atomic mass is 10.1. The second-order valence-electron chi connectivity index (χ2n) is 5.25. The van der Waals surface area contributed by atoms with Crippen molar-refractivity contribution in [3.8, 4) is 10.6 Å². The number of H-pyrrole nitrogens is 1. The van der Waals surface area contributed by atoms with Crippen LogP contribution in [0.4, 0.5) is 13.2 Å². The van der Waals surface area contributed by atoms with Crippen LogP contribution in [-0.4, -0.2) is 22.1 Å². The van der Waals surface area contributed by atoms with Crippen LogP contribution in [0.3, 0.4) is 0 Å². The Balaban J connectivity index is 1.80. The van der Waals surface area contributed by atoms with Crippen molar-refractivity contribution in [3.05, 3.63) is 75.1 Å². The Morgan fingerprint density at radius 1 is 1.22 bits per heavy atom. The van der Waals surface area contributed by atoms with E-state index in [1.165, 1.54) is 35.6 Å². The van der Waals surface area contributed by atoms with Gasteiger partial charge in [-0.05, 0) is 23.6 Å². The van der Waals surface area contributed by atoms with Gasteiger partial charge < -0.3 is 4.98 Å². The van der Waals surface area contributed by atoms with E-state index in [0.29, 0.717) is 5.69 Å². The second kappa shape index (κ2) is 7.54. The summed E-state index contributed by atoms with van der Waals surface area (Å²) in [5.41, 5.74) is 0.469. The maximum atomic E-state index is 12.9. The molecule has 0 aliphatic heterocycles. The fourth-order valence-electron chi connectivity index (χ4n) is 2.22. The maximum Gasteiger partial charge on any atom is 0.417 e. The number of carbonyl (C=O) groups excluding carboxylic acids is 1. The van der Waals surface area contributed by atoms with E-state index in [4.69, 9.17) is 0 Å². The van der Waals surface area contributed by atoms with Crippen LogP contribution in [0, 0.1) is 0 Å². The average molecular weight is 392 g/mol. The molecular weight excluding hydrogens is 381 g/mol. The van der Waals surface area contributed by atoms with Crippen LogP contribution in [0.1, 0.15) is 21.6 Å². The molecule has 0 saturated carbocycles. The number of thiophene rings is 1. The molecule has 10 heteroatoms. The van der Waals surface area contributed by atoms with Crippen molar-refractivity contribution >= 4 is 23.5 Å². The van der Waals surface area contributed by atoms with E-state index in [1.54, 1.807) is 17.5 Å². The van der Waals surface area contributed by atoms with Crippen molar-refractivity contribution in [2.75, 3.05) is 0 Å². The van der Waals surface area contributed by atoms with Crippen LogP contribution in [0.15, 0.2) is 57.7 Å². The second-order valence-corrected chi connectivity index (χ2v) is 6.19. The maximum absolute atomic E-state index is 12.9. The van der Waals surface area contributed by atoms with Crippen molar-refractivity contribution in [2.24, 2.45) is 5.10 Å². The lowest BCUT2D eigenvalue weighted by molar-refractivity contribution is -0.137. The molecule has 3 rings (SSSR count). The van der Waals surface area contributed by atoms with Crippen LogP contribution in [0.25, 0.3) is 10.6 Å². The molecule has 0 atom stereocenters. The summed E-state index contributed by atoms with van der Waals surface area (Å²) in [7, 11) is 0. The molecule has 27 heavy (non-hydrogen) atoms. The van der Waals surface area contributed by atoms with Gasteiger partial charge in [-0.1, -0.05) is 24.3 Å². The van der Waals surface area contributed by atoms with Crippen LogP contribution >= 0.6 is 11.3 Å². The summed E-state index contributed by atoms with van der Waals surface area (Å²) in [5, 5.41) is 5.34. The molecule has 3 aromatic rings. The fraction of sp³-hybridized carbons (Fsp3) is 0.0588. The molecular formula is C17H11F3N4O2S. The number of halogens is 3. The highest BCUT2D eigenvalue weighted by molar-refractivity contribution is 7.13. The highest BCUT2D eigenvalue weighted by Crippen LogP contribution is 2.31. The van der Waals surface area contributed by atoms with Crippen molar-refractivity contribution in [3.63, 3.8) is 0 Å². The van der Waals surface area contributed by atoms with Crippen LogP contribution in [0.2, 0.25) is 0 Å². The molecule has 0 spiro atoms. The quantitative estimate of drug-likeness (QED) is 0.528. The average Bonchev–Trinajstić information content (AvgIpc) is 3.15. The number of carbonyl (C=O) groups is 1. The molecule has 6 nitrogen and oxygen atoms in total. The topological polar surface area (TPSA) is 87.2 Å². The number of nitrogens with one attached hydrogen (secondary N) is 2. The summed E-state index contributed by atoms with van der Waals surface area (Å²) in [6, 6.07) is 9.70. The molecule has 0 unspecified atom stereocenters. The smallest absolute Gasteiger partial charge is 0.305 e. The Kier molecular flexibility index (Phi) is 5.17. The third-order valence-corrected chi connectivity index (χ3v) is 4.30. The predicted octanol–water partition coefficient (Wildman–Crippen LogP) is 3.28. The minimum absolute atomic E-state index is 0.205. The minimum atomic E-state index is -4.55. The Hall–Kier alpha value is -3.27. The Bertz CT molecular complexity index is 1040. The lowest BCUT2D eigenvalue weighted by Crippen LogP contribution is -2.24. The number of nitrogens with zero attached hydrogens (tertiary/aromatic N) is 2. The first-order valence-corrected chi connectivity index (χ1v) is 8.37. The Morgan fingerprint density at radius 3 is 2.70 bits per heavy atom. The lowest BCUT2D eigenvalue weighted by Gasteiger charge is -2.09. The highest BCUT2D eigenvalue weighted by atomic mass is 32.1. The number of aromatic amines is 1. The minimum Gasteiger partial charge on any atom is -0.305 e. The number of rotatable bonds is 4. The summed E-state index contributed by atoms with van der Waals surface area (Å²) in [6.07, 6.45) is -3.66. The van der Waals surface area contributed by atoms with E-state index in [9.17, 15) is 22.8 Å². The molecule has 0 aliphatic carbocycles. The summed E-state index contributed by atoms with van der Waals surface area (Å²) >= 11 is 1.36. The third-order valence-electron chi connectivity index (χ3n) is 3.40. The van der Waals surface area contributed by atoms with Gasteiger partial charge in [0.1, 0.15) is 5.69 Å². The predicted molar refractivity (Wildman–Crippen MR) is 94.7 cm³/mol. The highest BCUT2D eigenvalue weighted by Gasteiger charge is 2.32. The number of benzene rings is 1. The summed E-state index contributed by atoms with van der Waals surface area (Å²) in [4.78, 5) is 30.6. The van der Waals surface area contributed by atoms with Crippen LogP contribution < -0.4 is 11.1 Å². The zero-order chi connectivity index (χ0) is 19.4. The van der Waals surface area contributed by atoms with Gasteiger partial charge in [0, 0.05) is 5.56 Å². The number of amides is 1. The SMILES string of the molecule is O=C(N/N=C/c1ccccc1C(F)(F)F)c1cc(-c2cccs2)[nH]c(=O)n1. The van der Waals surface area contributed by atoms with Crippen LogP contribution in [0.5, 0.6) is 0 Å².